The molecule has 4 heteroatoms. The normalized spacial score (nSPS) is 13.5. The highest BCUT2D eigenvalue weighted by Gasteiger charge is 2.12. The van der Waals surface area contributed by atoms with Crippen LogP contribution in [0.2, 0.25) is 0 Å². The van der Waals surface area contributed by atoms with Crippen molar-refractivity contribution in [3.8, 4) is 11.5 Å². The summed E-state index contributed by atoms with van der Waals surface area (Å²) in [5, 5.41) is 0. The third-order valence-corrected chi connectivity index (χ3v) is 1.64. The minimum Gasteiger partial charge on any atom is -0.454 e. The lowest BCUT2D eigenvalue weighted by molar-refractivity contribution is -0.102. The van der Waals surface area contributed by atoms with Crippen molar-refractivity contribution in [2.24, 2.45) is 4.99 Å². The van der Waals surface area contributed by atoms with Gasteiger partial charge in [-0.3, -0.25) is 9.79 Å². The van der Waals surface area contributed by atoms with Crippen LogP contribution < -0.4 is 9.47 Å². The van der Waals surface area contributed by atoms with Gasteiger partial charge in [0, 0.05) is 6.07 Å². The molecule has 0 saturated carbocycles. The summed E-state index contributed by atoms with van der Waals surface area (Å²) in [5.74, 6) is 1.38. The third-order valence-electron chi connectivity index (χ3n) is 1.64. The minimum absolute atomic E-state index is 0.246. The molecule has 1 aromatic rings. The van der Waals surface area contributed by atoms with Gasteiger partial charge in [0.1, 0.15) is 0 Å². The van der Waals surface area contributed by atoms with E-state index in [0.29, 0.717) is 23.5 Å². The Kier molecular flexibility index (Phi) is 1.96. The number of benzene rings is 1. The first-order valence-electron chi connectivity index (χ1n) is 3.77. The van der Waals surface area contributed by atoms with E-state index in [0.717, 1.165) is 0 Å². The van der Waals surface area contributed by atoms with E-state index in [-0.39, 0.29) is 6.79 Å². The SMILES string of the molecule is O=CC=Nc1ccc2c(c1)OCO2. The second kappa shape index (κ2) is 3.26. The summed E-state index contributed by atoms with van der Waals surface area (Å²) >= 11 is 0. The Balaban J connectivity index is 2.30. The number of rotatable bonds is 2. The molecule has 1 aliphatic rings. The zero-order chi connectivity index (χ0) is 9.10. The average molecular weight is 177 g/mol. The van der Waals surface area contributed by atoms with Crippen LogP contribution in [0.5, 0.6) is 11.5 Å². The van der Waals surface area contributed by atoms with E-state index in [1.165, 1.54) is 6.21 Å². The average Bonchev–Trinajstić information content (AvgIpc) is 2.61. The molecule has 0 spiro atoms. The standard InChI is InChI=1S/C9H7NO3/c11-4-3-10-7-1-2-8-9(5-7)13-6-12-8/h1-5H,6H2. The smallest absolute Gasteiger partial charge is 0.231 e. The Morgan fingerprint density at radius 3 is 3.00 bits per heavy atom. The van der Waals surface area contributed by atoms with Gasteiger partial charge in [0.25, 0.3) is 0 Å². The van der Waals surface area contributed by atoms with E-state index in [2.05, 4.69) is 4.99 Å². The predicted octanol–water partition coefficient (Wildman–Crippen LogP) is 1.32. The fraction of sp³-hybridized carbons (Fsp3) is 0.111. The first-order valence-corrected chi connectivity index (χ1v) is 3.77. The number of hydrogen-bond acceptors (Lipinski definition) is 4. The van der Waals surface area contributed by atoms with Crippen LogP contribution in [0.15, 0.2) is 23.2 Å². The van der Waals surface area contributed by atoms with Gasteiger partial charge in [-0.15, -0.1) is 0 Å². The molecule has 0 N–H and O–H groups in total. The molecule has 1 aliphatic heterocycles. The fourth-order valence-corrected chi connectivity index (χ4v) is 1.08. The highest BCUT2D eigenvalue weighted by Crippen LogP contribution is 2.34. The van der Waals surface area contributed by atoms with Crippen molar-refractivity contribution >= 4 is 18.2 Å². The monoisotopic (exact) mass is 177 g/mol. The lowest BCUT2D eigenvalue weighted by Gasteiger charge is -1.95. The van der Waals surface area contributed by atoms with Gasteiger partial charge in [-0.05, 0) is 12.1 Å². The van der Waals surface area contributed by atoms with Crippen LogP contribution in [-0.2, 0) is 4.79 Å². The molecule has 2 rings (SSSR count). The van der Waals surface area contributed by atoms with E-state index < -0.39 is 0 Å². The van der Waals surface area contributed by atoms with E-state index in [1.807, 2.05) is 0 Å². The zero-order valence-corrected chi connectivity index (χ0v) is 6.77. The first kappa shape index (κ1) is 7.79. The summed E-state index contributed by atoms with van der Waals surface area (Å²) in [7, 11) is 0. The molecule has 4 nitrogen and oxygen atoms in total. The molecule has 0 amide bonds. The number of aldehydes is 1. The van der Waals surface area contributed by atoms with Crippen LogP contribution in [0.4, 0.5) is 5.69 Å². The van der Waals surface area contributed by atoms with Crippen molar-refractivity contribution in [2.45, 2.75) is 0 Å². The summed E-state index contributed by atoms with van der Waals surface area (Å²) in [4.78, 5) is 13.9. The number of hydrogen-bond donors (Lipinski definition) is 0. The molecule has 0 fully saturated rings. The molecule has 1 aromatic carbocycles. The molecular weight excluding hydrogens is 170 g/mol. The van der Waals surface area contributed by atoms with Crippen molar-refractivity contribution < 1.29 is 14.3 Å². The Morgan fingerprint density at radius 2 is 2.15 bits per heavy atom. The molecule has 13 heavy (non-hydrogen) atoms. The van der Waals surface area contributed by atoms with E-state index >= 15 is 0 Å². The number of nitrogens with zero attached hydrogens (tertiary/aromatic N) is 1. The molecule has 0 bridgehead atoms. The van der Waals surface area contributed by atoms with Crippen molar-refractivity contribution in [3.63, 3.8) is 0 Å². The van der Waals surface area contributed by atoms with Crippen LogP contribution in [0.3, 0.4) is 0 Å². The number of fused-ring (bicyclic) bond motifs is 1. The summed E-state index contributed by atoms with van der Waals surface area (Å²) < 4.78 is 10.2. The molecular formula is C9H7NO3. The van der Waals surface area contributed by atoms with E-state index in [4.69, 9.17) is 9.47 Å². The van der Waals surface area contributed by atoms with Gasteiger partial charge in [-0.25, -0.2) is 0 Å². The van der Waals surface area contributed by atoms with Gasteiger partial charge >= 0.3 is 0 Å². The zero-order valence-electron chi connectivity index (χ0n) is 6.77. The second-order valence-corrected chi connectivity index (χ2v) is 2.45. The Hall–Kier alpha value is -1.84. The lowest BCUT2D eigenvalue weighted by Crippen LogP contribution is -1.92. The Labute approximate surface area is 74.8 Å². The van der Waals surface area contributed by atoms with Gasteiger partial charge < -0.3 is 9.47 Å². The van der Waals surface area contributed by atoms with Crippen molar-refractivity contribution in [2.75, 3.05) is 6.79 Å². The highest BCUT2D eigenvalue weighted by molar-refractivity contribution is 6.13. The summed E-state index contributed by atoms with van der Waals surface area (Å²) in [6.45, 7) is 0.246. The topological polar surface area (TPSA) is 47.9 Å². The summed E-state index contributed by atoms with van der Waals surface area (Å²) in [5.41, 5.74) is 0.677. The highest BCUT2D eigenvalue weighted by atomic mass is 16.7. The van der Waals surface area contributed by atoms with Crippen LogP contribution in [0.1, 0.15) is 0 Å². The van der Waals surface area contributed by atoms with Gasteiger partial charge in [-0.1, -0.05) is 0 Å². The van der Waals surface area contributed by atoms with Gasteiger partial charge in [0.05, 0.1) is 11.9 Å². The maximum atomic E-state index is 10.0. The number of carbonyl (C=O) groups is 1. The number of aliphatic imine (C=N–C) groups is 1. The maximum absolute atomic E-state index is 10.0. The molecule has 0 aliphatic carbocycles. The van der Waals surface area contributed by atoms with Crippen molar-refractivity contribution in [1.29, 1.82) is 0 Å². The van der Waals surface area contributed by atoms with Crippen LogP contribution >= 0.6 is 0 Å². The molecule has 1 heterocycles. The molecule has 0 saturated heterocycles. The largest absolute Gasteiger partial charge is 0.454 e. The van der Waals surface area contributed by atoms with Crippen molar-refractivity contribution in [1.82, 2.24) is 0 Å². The Morgan fingerprint density at radius 1 is 1.31 bits per heavy atom. The Bertz CT molecular complexity index is 360. The third kappa shape index (κ3) is 1.51. The number of ether oxygens (including phenoxy) is 2. The second-order valence-electron chi connectivity index (χ2n) is 2.45. The molecule has 0 radical (unpaired) electrons. The van der Waals surface area contributed by atoms with E-state index in [1.54, 1.807) is 18.2 Å². The molecule has 66 valence electrons. The van der Waals surface area contributed by atoms with Gasteiger partial charge in [-0.2, -0.15) is 0 Å². The van der Waals surface area contributed by atoms with E-state index in [9.17, 15) is 4.79 Å². The quantitative estimate of drug-likeness (QED) is 0.505. The first-order chi connectivity index (χ1) is 6.40. The van der Waals surface area contributed by atoms with Crippen molar-refractivity contribution in [3.05, 3.63) is 18.2 Å². The summed E-state index contributed by atoms with van der Waals surface area (Å²) in [6.07, 6.45) is 1.82. The fourth-order valence-electron chi connectivity index (χ4n) is 1.08. The van der Waals surface area contributed by atoms with Crippen LogP contribution in [-0.4, -0.2) is 19.3 Å². The number of carbonyl (C=O) groups excluding carboxylic acids is 1. The van der Waals surface area contributed by atoms with Crippen LogP contribution in [0, 0.1) is 0 Å². The lowest BCUT2D eigenvalue weighted by atomic mass is 10.3. The minimum atomic E-state index is 0.246. The summed E-state index contributed by atoms with van der Waals surface area (Å²) in [6, 6.07) is 5.25. The molecule has 0 atom stereocenters. The van der Waals surface area contributed by atoms with Crippen LogP contribution in [0.25, 0.3) is 0 Å². The molecule has 0 unspecified atom stereocenters. The molecule has 0 aromatic heterocycles. The predicted molar refractivity (Wildman–Crippen MR) is 46.8 cm³/mol. The van der Waals surface area contributed by atoms with Gasteiger partial charge in [0.15, 0.2) is 17.8 Å². The van der Waals surface area contributed by atoms with Gasteiger partial charge in [0.2, 0.25) is 6.79 Å². The maximum Gasteiger partial charge on any atom is 0.231 e.